The minimum absolute atomic E-state index is 0.278. The van der Waals surface area contributed by atoms with Crippen LogP contribution in [0.1, 0.15) is 12.5 Å². The molecule has 2 heterocycles. The average molecular weight is 265 g/mol. The fourth-order valence-electron chi connectivity index (χ4n) is 2.03. The van der Waals surface area contributed by atoms with Crippen LogP contribution in [-0.4, -0.2) is 20.4 Å². The molecule has 2 aromatic rings. The third-order valence-corrected chi connectivity index (χ3v) is 3.95. The minimum Gasteiger partial charge on any atom is -0.280 e. The van der Waals surface area contributed by atoms with E-state index in [-0.39, 0.29) is 11.2 Å². The van der Waals surface area contributed by atoms with Gasteiger partial charge in [-0.15, -0.1) is 11.8 Å². The topological polar surface area (TPSA) is 56.9 Å². The van der Waals surface area contributed by atoms with E-state index in [0.717, 1.165) is 21.4 Å². The standard InChI is InChI=1S/C12H15N3O2S/c1-5-7-6-13-10-8(9(7)18-4)11(16)15(3)12(17)14(10)2/h6H,5H2,1-4H3. The van der Waals surface area contributed by atoms with E-state index in [1.165, 1.54) is 23.4 Å². The van der Waals surface area contributed by atoms with Crippen molar-refractivity contribution in [2.75, 3.05) is 6.26 Å². The Bertz CT molecular complexity index is 731. The highest BCUT2D eigenvalue weighted by Crippen LogP contribution is 2.25. The third-order valence-electron chi connectivity index (χ3n) is 3.08. The van der Waals surface area contributed by atoms with Crippen molar-refractivity contribution in [1.29, 1.82) is 0 Å². The predicted octanol–water partition coefficient (Wildman–Crippen LogP) is 0.916. The lowest BCUT2D eigenvalue weighted by molar-refractivity contribution is 0.705. The van der Waals surface area contributed by atoms with Crippen LogP contribution in [0.3, 0.4) is 0 Å². The van der Waals surface area contributed by atoms with Crippen molar-refractivity contribution in [3.8, 4) is 0 Å². The number of rotatable bonds is 2. The van der Waals surface area contributed by atoms with Crippen LogP contribution in [0.2, 0.25) is 0 Å². The SMILES string of the molecule is CCc1cnc2c(c1SC)c(=O)n(C)c(=O)n2C. The van der Waals surface area contributed by atoms with E-state index < -0.39 is 0 Å². The Labute approximate surface area is 108 Å². The molecule has 0 aromatic carbocycles. The second-order valence-corrected chi connectivity index (χ2v) is 4.89. The zero-order valence-corrected chi connectivity index (χ0v) is 11.7. The molecule has 96 valence electrons. The summed E-state index contributed by atoms with van der Waals surface area (Å²) in [6.45, 7) is 2.02. The summed E-state index contributed by atoms with van der Waals surface area (Å²) < 4.78 is 2.54. The second kappa shape index (κ2) is 4.61. The number of hydrogen-bond acceptors (Lipinski definition) is 4. The number of fused-ring (bicyclic) bond motifs is 1. The maximum Gasteiger partial charge on any atom is 0.332 e. The van der Waals surface area contributed by atoms with Gasteiger partial charge in [-0.3, -0.25) is 13.9 Å². The summed E-state index contributed by atoms with van der Waals surface area (Å²) in [6.07, 6.45) is 4.48. The minimum atomic E-state index is -0.351. The highest BCUT2D eigenvalue weighted by Gasteiger charge is 2.15. The summed E-state index contributed by atoms with van der Waals surface area (Å²) in [5.41, 5.74) is 0.854. The van der Waals surface area contributed by atoms with Gasteiger partial charge in [0.1, 0.15) is 5.65 Å². The zero-order valence-electron chi connectivity index (χ0n) is 10.9. The highest BCUT2D eigenvalue weighted by molar-refractivity contribution is 7.98. The predicted molar refractivity (Wildman–Crippen MR) is 73.4 cm³/mol. The molecule has 0 N–H and O–H groups in total. The molecular formula is C12H15N3O2S. The van der Waals surface area contributed by atoms with E-state index in [4.69, 9.17) is 0 Å². The maximum atomic E-state index is 12.2. The van der Waals surface area contributed by atoms with Gasteiger partial charge in [0.25, 0.3) is 5.56 Å². The molecule has 5 nitrogen and oxygen atoms in total. The van der Waals surface area contributed by atoms with Crippen LogP contribution >= 0.6 is 11.8 Å². The molecule has 0 aliphatic heterocycles. The van der Waals surface area contributed by atoms with Crippen LogP contribution in [0.4, 0.5) is 0 Å². The number of pyridine rings is 1. The number of nitrogens with zero attached hydrogens (tertiary/aromatic N) is 3. The first-order valence-corrected chi connectivity index (χ1v) is 6.87. The second-order valence-electron chi connectivity index (χ2n) is 4.07. The van der Waals surface area contributed by atoms with Gasteiger partial charge in [0.05, 0.1) is 5.39 Å². The van der Waals surface area contributed by atoms with Crippen LogP contribution in [0.15, 0.2) is 20.7 Å². The molecule has 0 radical (unpaired) electrons. The average Bonchev–Trinajstić information content (AvgIpc) is 2.40. The Balaban J connectivity index is 3.12. The Morgan fingerprint density at radius 2 is 1.94 bits per heavy atom. The van der Waals surface area contributed by atoms with Crippen molar-refractivity contribution in [2.45, 2.75) is 18.2 Å². The van der Waals surface area contributed by atoms with Gasteiger partial charge in [-0.2, -0.15) is 0 Å². The molecule has 0 aliphatic rings. The quantitative estimate of drug-likeness (QED) is 0.758. The molecule has 2 rings (SSSR count). The Hall–Kier alpha value is -1.56. The fraction of sp³-hybridized carbons (Fsp3) is 0.417. The van der Waals surface area contributed by atoms with Gasteiger partial charge in [0.2, 0.25) is 0 Å². The molecule has 0 saturated carbocycles. The van der Waals surface area contributed by atoms with Crippen molar-refractivity contribution in [1.82, 2.24) is 14.1 Å². The first-order chi connectivity index (χ1) is 8.52. The van der Waals surface area contributed by atoms with Crippen LogP contribution in [0.5, 0.6) is 0 Å². The van der Waals surface area contributed by atoms with E-state index in [9.17, 15) is 9.59 Å². The first-order valence-electron chi connectivity index (χ1n) is 5.64. The van der Waals surface area contributed by atoms with Gasteiger partial charge in [0, 0.05) is 25.2 Å². The molecule has 18 heavy (non-hydrogen) atoms. The monoisotopic (exact) mass is 265 g/mol. The van der Waals surface area contributed by atoms with Gasteiger partial charge < -0.3 is 0 Å². The van der Waals surface area contributed by atoms with Crippen molar-refractivity contribution in [2.24, 2.45) is 14.1 Å². The fourth-order valence-corrected chi connectivity index (χ4v) is 2.87. The zero-order chi connectivity index (χ0) is 13.4. The number of thioether (sulfide) groups is 1. The van der Waals surface area contributed by atoms with Crippen molar-refractivity contribution >= 4 is 22.8 Å². The highest BCUT2D eigenvalue weighted by atomic mass is 32.2. The molecule has 0 atom stereocenters. The summed E-state index contributed by atoms with van der Waals surface area (Å²) >= 11 is 1.52. The summed E-state index contributed by atoms with van der Waals surface area (Å²) in [6, 6.07) is 0. The molecule has 2 aromatic heterocycles. The molecule has 0 amide bonds. The lowest BCUT2D eigenvalue weighted by Gasteiger charge is -2.11. The Morgan fingerprint density at radius 3 is 2.50 bits per heavy atom. The van der Waals surface area contributed by atoms with Gasteiger partial charge in [-0.05, 0) is 18.2 Å². The van der Waals surface area contributed by atoms with Crippen molar-refractivity contribution in [3.63, 3.8) is 0 Å². The van der Waals surface area contributed by atoms with E-state index >= 15 is 0 Å². The van der Waals surface area contributed by atoms with Gasteiger partial charge in [-0.1, -0.05) is 6.92 Å². The summed E-state index contributed by atoms with van der Waals surface area (Å²) in [5, 5.41) is 0.534. The molecule has 0 saturated heterocycles. The molecule has 0 unspecified atom stereocenters. The van der Waals surface area contributed by atoms with E-state index in [1.807, 2.05) is 13.2 Å². The van der Waals surface area contributed by atoms with Crippen LogP contribution in [-0.2, 0) is 20.5 Å². The Kier molecular flexibility index (Phi) is 3.30. The van der Waals surface area contributed by atoms with Crippen LogP contribution in [0, 0.1) is 0 Å². The molecule has 0 aliphatic carbocycles. The number of aromatic nitrogens is 3. The Morgan fingerprint density at radius 1 is 1.28 bits per heavy atom. The summed E-state index contributed by atoms with van der Waals surface area (Å²) in [7, 11) is 3.12. The van der Waals surface area contributed by atoms with Crippen molar-refractivity contribution < 1.29 is 0 Å². The molecule has 0 fully saturated rings. The van der Waals surface area contributed by atoms with Gasteiger partial charge >= 0.3 is 5.69 Å². The normalized spacial score (nSPS) is 11.1. The lowest BCUT2D eigenvalue weighted by atomic mass is 10.2. The lowest BCUT2D eigenvalue weighted by Crippen LogP contribution is -2.37. The van der Waals surface area contributed by atoms with Crippen LogP contribution < -0.4 is 11.2 Å². The molecule has 6 heteroatoms. The van der Waals surface area contributed by atoms with Gasteiger partial charge in [-0.25, -0.2) is 9.78 Å². The molecular weight excluding hydrogens is 250 g/mol. The molecule has 0 spiro atoms. The summed E-state index contributed by atoms with van der Waals surface area (Å²) in [4.78, 5) is 29.3. The van der Waals surface area contributed by atoms with E-state index in [0.29, 0.717) is 11.0 Å². The summed E-state index contributed by atoms with van der Waals surface area (Å²) in [5.74, 6) is 0. The van der Waals surface area contributed by atoms with Crippen LogP contribution in [0.25, 0.3) is 11.0 Å². The van der Waals surface area contributed by atoms with E-state index in [2.05, 4.69) is 4.98 Å². The van der Waals surface area contributed by atoms with E-state index in [1.54, 1.807) is 13.2 Å². The maximum absolute atomic E-state index is 12.2. The van der Waals surface area contributed by atoms with Crippen molar-refractivity contribution in [3.05, 3.63) is 32.6 Å². The molecule has 0 bridgehead atoms. The largest absolute Gasteiger partial charge is 0.332 e. The first kappa shape index (κ1) is 12.9. The number of aryl methyl sites for hydroxylation is 2. The number of hydrogen-bond donors (Lipinski definition) is 0. The third kappa shape index (κ3) is 1.68. The smallest absolute Gasteiger partial charge is 0.280 e. The van der Waals surface area contributed by atoms with Gasteiger partial charge in [0.15, 0.2) is 0 Å².